The summed E-state index contributed by atoms with van der Waals surface area (Å²) >= 11 is 0. The van der Waals surface area contributed by atoms with Gasteiger partial charge in [-0.25, -0.2) is 9.18 Å². The Hall–Kier alpha value is -1.91. The highest BCUT2D eigenvalue weighted by molar-refractivity contribution is 6.36. The summed E-state index contributed by atoms with van der Waals surface area (Å²) in [5.41, 5.74) is 0.822. The van der Waals surface area contributed by atoms with E-state index in [1.54, 1.807) is 26.0 Å². The van der Waals surface area contributed by atoms with Crippen LogP contribution in [0.25, 0.3) is 0 Å². The molecular weight excluding hydrogens is 237 g/mol. The van der Waals surface area contributed by atoms with E-state index in [2.05, 4.69) is 5.16 Å². The highest BCUT2D eigenvalue weighted by Crippen LogP contribution is 2.07. The average Bonchev–Trinajstić information content (AvgIpc) is 2.31. The monoisotopic (exact) mass is 253 g/mol. The number of ether oxygens (including phenoxy) is 1. The van der Waals surface area contributed by atoms with Gasteiger partial charge in [-0.2, -0.15) is 0 Å². The summed E-state index contributed by atoms with van der Waals surface area (Å²) in [6, 6.07) is 5.94. The van der Waals surface area contributed by atoms with Crippen molar-refractivity contribution in [2.75, 3.05) is 0 Å². The molecule has 1 aromatic rings. The average molecular weight is 253 g/mol. The van der Waals surface area contributed by atoms with Gasteiger partial charge in [0.15, 0.2) is 5.71 Å². The van der Waals surface area contributed by atoms with E-state index in [9.17, 15) is 9.18 Å². The molecule has 0 aromatic heterocycles. The lowest BCUT2D eigenvalue weighted by Crippen LogP contribution is -2.21. The minimum Gasteiger partial charge on any atom is -0.458 e. The lowest BCUT2D eigenvalue weighted by atomic mass is 10.1. The predicted molar refractivity (Wildman–Crippen MR) is 65.2 cm³/mol. The van der Waals surface area contributed by atoms with Crippen molar-refractivity contribution in [2.24, 2.45) is 5.16 Å². The summed E-state index contributed by atoms with van der Waals surface area (Å²) < 4.78 is 17.6. The van der Waals surface area contributed by atoms with E-state index in [-0.39, 0.29) is 24.1 Å². The molecule has 0 radical (unpaired) electrons. The van der Waals surface area contributed by atoms with E-state index in [1.807, 2.05) is 0 Å². The van der Waals surface area contributed by atoms with Gasteiger partial charge in [0, 0.05) is 6.42 Å². The molecule has 5 heteroatoms. The summed E-state index contributed by atoms with van der Waals surface area (Å²) in [5.74, 6) is -0.941. The number of benzene rings is 1. The normalized spacial score (nSPS) is 11.7. The first-order valence-electron chi connectivity index (χ1n) is 5.69. The molecule has 0 aliphatic rings. The van der Waals surface area contributed by atoms with Crippen molar-refractivity contribution in [1.82, 2.24) is 0 Å². The summed E-state index contributed by atoms with van der Waals surface area (Å²) in [6.45, 7) is 3.43. The number of rotatable bonds is 5. The zero-order chi connectivity index (χ0) is 13.5. The molecule has 0 unspecified atom stereocenters. The maximum atomic E-state index is 12.7. The van der Waals surface area contributed by atoms with Crippen LogP contribution < -0.4 is 0 Å². The van der Waals surface area contributed by atoms with Gasteiger partial charge >= 0.3 is 5.97 Å². The van der Waals surface area contributed by atoms with Gasteiger partial charge < -0.3 is 9.94 Å². The topological polar surface area (TPSA) is 58.9 Å². The molecule has 0 spiro atoms. The number of nitrogens with zero attached hydrogens (tertiary/aromatic N) is 1. The van der Waals surface area contributed by atoms with Crippen LogP contribution in [0.15, 0.2) is 29.4 Å². The molecule has 98 valence electrons. The minimum absolute atomic E-state index is 0.0342. The lowest BCUT2D eigenvalue weighted by Gasteiger charge is -2.08. The summed E-state index contributed by atoms with van der Waals surface area (Å²) in [5, 5.41) is 11.7. The first-order valence-corrected chi connectivity index (χ1v) is 5.69. The van der Waals surface area contributed by atoms with Crippen molar-refractivity contribution in [3.05, 3.63) is 35.6 Å². The molecular formula is C13H16FNO3. The molecule has 0 bridgehead atoms. The molecule has 1 aromatic carbocycles. The van der Waals surface area contributed by atoms with E-state index in [0.717, 1.165) is 5.56 Å². The molecule has 18 heavy (non-hydrogen) atoms. The Morgan fingerprint density at radius 2 is 2.00 bits per heavy atom. The molecule has 0 saturated heterocycles. The third-order valence-electron chi connectivity index (χ3n) is 2.26. The third kappa shape index (κ3) is 4.53. The Labute approximate surface area is 105 Å². The number of carbonyl (C=O) groups excluding carboxylic acids is 1. The van der Waals surface area contributed by atoms with Crippen LogP contribution in [-0.2, 0) is 16.0 Å². The zero-order valence-electron chi connectivity index (χ0n) is 10.4. The number of hydrogen-bond donors (Lipinski definition) is 1. The summed E-state index contributed by atoms with van der Waals surface area (Å²) in [4.78, 5) is 11.5. The van der Waals surface area contributed by atoms with E-state index >= 15 is 0 Å². The number of esters is 1. The molecule has 0 atom stereocenters. The zero-order valence-corrected chi connectivity index (χ0v) is 10.4. The number of carbonyl (C=O) groups is 1. The van der Waals surface area contributed by atoms with Crippen molar-refractivity contribution in [3.8, 4) is 0 Å². The Morgan fingerprint density at radius 3 is 2.50 bits per heavy atom. The van der Waals surface area contributed by atoms with Crippen molar-refractivity contribution >= 4 is 11.7 Å². The van der Waals surface area contributed by atoms with Crippen LogP contribution in [-0.4, -0.2) is 23.0 Å². The molecule has 1 rings (SSSR count). The Morgan fingerprint density at radius 1 is 1.39 bits per heavy atom. The van der Waals surface area contributed by atoms with Crippen LogP contribution in [0.3, 0.4) is 0 Å². The first kappa shape index (κ1) is 14.2. The maximum absolute atomic E-state index is 12.7. The van der Waals surface area contributed by atoms with Crippen LogP contribution >= 0.6 is 0 Å². The van der Waals surface area contributed by atoms with Gasteiger partial charge in [0.2, 0.25) is 0 Å². The fourth-order valence-electron chi connectivity index (χ4n) is 1.39. The number of hydrogen-bond acceptors (Lipinski definition) is 4. The van der Waals surface area contributed by atoms with E-state index in [0.29, 0.717) is 6.42 Å². The SMILES string of the molecule is CC(C)OC(=O)C(CCc1ccc(F)cc1)=NO. The Kier molecular flexibility index (Phi) is 5.30. The third-order valence-corrected chi connectivity index (χ3v) is 2.26. The highest BCUT2D eigenvalue weighted by Gasteiger charge is 2.15. The van der Waals surface area contributed by atoms with Crippen LogP contribution in [0.4, 0.5) is 4.39 Å². The fourth-order valence-corrected chi connectivity index (χ4v) is 1.39. The highest BCUT2D eigenvalue weighted by atomic mass is 19.1. The van der Waals surface area contributed by atoms with Crippen molar-refractivity contribution in [2.45, 2.75) is 32.8 Å². The molecule has 0 fully saturated rings. The van der Waals surface area contributed by atoms with Crippen LogP contribution in [0.5, 0.6) is 0 Å². The van der Waals surface area contributed by atoms with Gasteiger partial charge in [-0.3, -0.25) is 0 Å². The van der Waals surface area contributed by atoms with Gasteiger partial charge in [0.1, 0.15) is 5.82 Å². The molecule has 4 nitrogen and oxygen atoms in total. The van der Waals surface area contributed by atoms with Crippen LogP contribution in [0.1, 0.15) is 25.8 Å². The smallest absolute Gasteiger partial charge is 0.356 e. The Bertz CT molecular complexity index is 426. The fraction of sp³-hybridized carbons (Fsp3) is 0.385. The second-order valence-electron chi connectivity index (χ2n) is 4.13. The van der Waals surface area contributed by atoms with E-state index in [4.69, 9.17) is 9.94 Å². The van der Waals surface area contributed by atoms with Gasteiger partial charge in [-0.15, -0.1) is 0 Å². The van der Waals surface area contributed by atoms with Gasteiger partial charge in [0.05, 0.1) is 6.10 Å². The summed E-state index contributed by atoms with van der Waals surface area (Å²) in [7, 11) is 0. The van der Waals surface area contributed by atoms with Gasteiger partial charge in [-0.05, 0) is 38.0 Å². The first-order chi connectivity index (χ1) is 8.52. The largest absolute Gasteiger partial charge is 0.458 e. The van der Waals surface area contributed by atoms with Crippen LogP contribution in [0.2, 0.25) is 0 Å². The second-order valence-corrected chi connectivity index (χ2v) is 4.13. The predicted octanol–water partition coefficient (Wildman–Crippen LogP) is 2.54. The molecule has 0 aliphatic carbocycles. The number of aryl methyl sites for hydroxylation is 1. The lowest BCUT2D eigenvalue weighted by molar-refractivity contribution is -0.139. The van der Waals surface area contributed by atoms with E-state index < -0.39 is 5.97 Å². The van der Waals surface area contributed by atoms with Crippen LogP contribution in [0, 0.1) is 5.82 Å². The number of oxime groups is 1. The van der Waals surface area contributed by atoms with Gasteiger partial charge in [-0.1, -0.05) is 17.3 Å². The maximum Gasteiger partial charge on any atom is 0.356 e. The molecule has 0 saturated carbocycles. The van der Waals surface area contributed by atoms with Crippen molar-refractivity contribution < 1.29 is 19.1 Å². The standard InChI is InChI=1S/C13H16FNO3/c1-9(2)18-13(16)12(15-17)8-5-10-3-6-11(14)7-4-10/h3-4,6-7,9,17H,5,8H2,1-2H3. The molecule has 0 amide bonds. The Balaban J connectivity index is 2.55. The van der Waals surface area contributed by atoms with Crippen molar-refractivity contribution in [1.29, 1.82) is 0 Å². The molecule has 0 heterocycles. The van der Waals surface area contributed by atoms with Crippen molar-refractivity contribution in [3.63, 3.8) is 0 Å². The quantitative estimate of drug-likeness (QED) is 0.379. The summed E-state index contributed by atoms with van der Waals surface area (Å²) in [6.07, 6.45) is 0.459. The molecule has 0 aliphatic heterocycles. The minimum atomic E-state index is -0.630. The second kappa shape index (κ2) is 6.74. The van der Waals surface area contributed by atoms with E-state index in [1.165, 1.54) is 12.1 Å². The number of halogens is 1. The molecule has 1 N–H and O–H groups in total. The van der Waals surface area contributed by atoms with Gasteiger partial charge in [0.25, 0.3) is 0 Å².